The molecule has 1 fully saturated rings. The molecule has 1 aromatic carbocycles. The molecule has 0 radical (unpaired) electrons. The normalized spacial score (nSPS) is 17.5. The fourth-order valence-corrected chi connectivity index (χ4v) is 2.22. The zero-order chi connectivity index (χ0) is 15.2. The van der Waals surface area contributed by atoms with Gasteiger partial charge in [-0.2, -0.15) is 0 Å². The molecule has 0 N–H and O–H groups in total. The number of benzene rings is 1. The zero-order valence-corrected chi connectivity index (χ0v) is 11.8. The molecule has 1 aliphatic heterocycles. The predicted molar refractivity (Wildman–Crippen MR) is 73.2 cm³/mol. The van der Waals surface area contributed by atoms with E-state index in [0.717, 1.165) is 10.5 Å². The zero-order valence-electron chi connectivity index (χ0n) is 11.8. The average molecular weight is 291 g/mol. The number of ether oxygens (including phenoxy) is 2. The maximum atomic E-state index is 12.2. The van der Waals surface area contributed by atoms with E-state index in [1.54, 1.807) is 0 Å². The van der Waals surface area contributed by atoms with Gasteiger partial charge in [0.15, 0.2) is 0 Å². The molecule has 0 saturated carbocycles. The summed E-state index contributed by atoms with van der Waals surface area (Å²) in [6.07, 6.45) is -0.0298. The van der Waals surface area contributed by atoms with Gasteiger partial charge in [-0.1, -0.05) is 30.3 Å². The summed E-state index contributed by atoms with van der Waals surface area (Å²) in [4.78, 5) is 36.1. The molecule has 0 aromatic heterocycles. The topological polar surface area (TPSA) is 72.9 Å². The number of carbonyl (C=O) groups is 3. The number of carbonyl (C=O) groups excluding carboxylic acids is 3. The van der Waals surface area contributed by atoms with E-state index in [1.807, 2.05) is 30.3 Å². The van der Waals surface area contributed by atoms with Crippen LogP contribution in [0.5, 0.6) is 0 Å². The Morgan fingerprint density at radius 3 is 2.67 bits per heavy atom. The summed E-state index contributed by atoms with van der Waals surface area (Å²) < 4.78 is 9.49. The Bertz CT molecular complexity index is 528. The van der Waals surface area contributed by atoms with Crippen molar-refractivity contribution in [2.24, 2.45) is 0 Å². The molecule has 1 saturated heterocycles. The molecule has 112 valence electrons. The highest BCUT2D eigenvalue weighted by atomic mass is 16.6. The molecular weight excluding hydrogens is 274 g/mol. The summed E-state index contributed by atoms with van der Waals surface area (Å²) in [5, 5.41) is 0. The van der Waals surface area contributed by atoms with E-state index in [0.29, 0.717) is 6.42 Å². The molecule has 0 spiro atoms. The quantitative estimate of drug-likeness (QED) is 0.776. The van der Waals surface area contributed by atoms with Gasteiger partial charge in [-0.25, -0.2) is 9.69 Å². The van der Waals surface area contributed by atoms with Gasteiger partial charge in [-0.3, -0.25) is 9.59 Å². The monoisotopic (exact) mass is 291 g/mol. The van der Waals surface area contributed by atoms with Crippen molar-refractivity contribution in [1.29, 1.82) is 0 Å². The molecule has 21 heavy (non-hydrogen) atoms. The lowest BCUT2D eigenvalue weighted by atomic mass is 10.1. The molecular formula is C15H17NO5. The molecule has 6 heteroatoms. The highest BCUT2D eigenvalue weighted by molar-refractivity contribution is 5.93. The van der Waals surface area contributed by atoms with Gasteiger partial charge >= 0.3 is 12.1 Å². The van der Waals surface area contributed by atoms with Crippen molar-refractivity contribution in [1.82, 2.24) is 4.90 Å². The molecule has 1 atom stereocenters. The van der Waals surface area contributed by atoms with Crippen LogP contribution in [0.15, 0.2) is 30.3 Å². The van der Waals surface area contributed by atoms with Crippen molar-refractivity contribution >= 4 is 18.0 Å². The molecule has 1 aromatic rings. The van der Waals surface area contributed by atoms with Crippen LogP contribution in [0.2, 0.25) is 0 Å². The molecule has 0 aliphatic carbocycles. The van der Waals surface area contributed by atoms with E-state index in [1.165, 1.54) is 7.11 Å². The van der Waals surface area contributed by atoms with Crippen LogP contribution >= 0.6 is 0 Å². The SMILES string of the molecule is COC(=O)CCCC(=O)N1C(=O)OC[C@H]1c1ccccc1. The Kier molecular flexibility index (Phi) is 4.92. The number of hydrogen-bond donors (Lipinski definition) is 0. The second-order valence-corrected chi connectivity index (χ2v) is 4.70. The van der Waals surface area contributed by atoms with Gasteiger partial charge in [0.1, 0.15) is 12.6 Å². The van der Waals surface area contributed by atoms with Crippen molar-refractivity contribution < 1.29 is 23.9 Å². The average Bonchev–Trinajstić information content (AvgIpc) is 2.89. The molecule has 1 aliphatic rings. The third-order valence-electron chi connectivity index (χ3n) is 3.33. The summed E-state index contributed by atoms with van der Waals surface area (Å²) >= 11 is 0. The molecule has 1 heterocycles. The van der Waals surface area contributed by atoms with Crippen molar-refractivity contribution in [3.63, 3.8) is 0 Å². The summed E-state index contributed by atoms with van der Waals surface area (Å²) in [5.74, 6) is -0.707. The van der Waals surface area contributed by atoms with Crippen molar-refractivity contribution in [3.8, 4) is 0 Å². The summed E-state index contributed by atoms with van der Waals surface area (Å²) in [5.41, 5.74) is 0.852. The molecule has 0 bridgehead atoms. The number of amides is 2. The lowest BCUT2D eigenvalue weighted by molar-refractivity contribution is -0.140. The molecule has 0 unspecified atom stereocenters. The fourth-order valence-electron chi connectivity index (χ4n) is 2.22. The second kappa shape index (κ2) is 6.88. The van der Waals surface area contributed by atoms with Gasteiger partial charge in [-0.05, 0) is 12.0 Å². The lowest BCUT2D eigenvalue weighted by Gasteiger charge is -2.19. The first-order valence-electron chi connectivity index (χ1n) is 6.74. The van der Waals surface area contributed by atoms with Crippen LogP contribution in [-0.4, -0.2) is 36.6 Å². The maximum Gasteiger partial charge on any atom is 0.417 e. The predicted octanol–water partition coefficient (Wildman–Crippen LogP) is 2.05. The van der Waals surface area contributed by atoms with Crippen molar-refractivity contribution in [2.45, 2.75) is 25.3 Å². The van der Waals surface area contributed by atoms with Gasteiger partial charge in [0.05, 0.1) is 7.11 Å². The van der Waals surface area contributed by atoms with Crippen LogP contribution in [0.3, 0.4) is 0 Å². The summed E-state index contributed by atoms with van der Waals surface area (Å²) in [7, 11) is 1.30. The van der Waals surface area contributed by atoms with Gasteiger partial charge < -0.3 is 9.47 Å². The van der Waals surface area contributed by atoms with Crippen LogP contribution in [0, 0.1) is 0 Å². The van der Waals surface area contributed by atoms with E-state index in [9.17, 15) is 14.4 Å². The Morgan fingerprint density at radius 1 is 1.29 bits per heavy atom. The van der Waals surface area contributed by atoms with E-state index in [2.05, 4.69) is 4.74 Å². The number of esters is 1. The molecule has 2 rings (SSSR count). The van der Waals surface area contributed by atoms with Crippen LogP contribution in [0.4, 0.5) is 4.79 Å². The van der Waals surface area contributed by atoms with Gasteiger partial charge in [0, 0.05) is 12.8 Å². The summed E-state index contributed by atoms with van der Waals surface area (Å²) in [6, 6.07) is 8.85. The Hall–Kier alpha value is -2.37. The van der Waals surface area contributed by atoms with E-state index < -0.39 is 12.1 Å². The van der Waals surface area contributed by atoms with Crippen LogP contribution in [0.25, 0.3) is 0 Å². The minimum atomic E-state index is -0.632. The number of rotatable bonds is 5. The first-order valence-corrected chi connectivity index (χ1v) is 6.74. The number of cyclic esters (lactones) is 1. The first-order chi connectivity index (χ1) is 10.1. The largest absolute Gasteiger partial charge is 0.469 e. The Balaban J connectivity index is 2.00. The minimum absolute atomic E-state index is 0.105. The van der Waals surface area contributed by atoms with Crippen LogP contribution < -0.4 is 0 Å². The van der Waals surface area contributed by atoms with E-state index in [4.69, 9.17) is 4.74 Å². The lowest BCUT2D eigenvalue weighted by Crippen LogP contribution is -2.34. The van der Waals surface area contributed by atoms with Crippen molar-refractivity contribution in [3.05, 3.63) is 35.9 Å². The van der Waals surface area contributed by atoms with Crippen LogP contribution in [0.1, 0.15) is 30.9 Å². The number of imide groups is 1. The van der Waals surface area contributed by atoms with Gasteiger partial charge in [-0.15, -0.1) is 0 Å². The minimum Gasteiger partial charge on any atom is -0.469 e. The van der Waals surface area contributed by atoms with Gasteiger partial charge in [0.25, 0.3) is 0 Å². The number of nitrogens with zero attached hydrogens (tertiary/aromatic N) is 1. The highest BCUT2D eigenvalue weighted by Gasteiger charge is 2.38. The fraction of sp³-hybridized carbons (Fsp3) is 0.400. The first kappa shape index (κ1) is 15.0. The smallest absolute Gasteiger partial charge is 0.417 e. The standard InChI is InChI=1S/C15H17NO5/c1-20-14(18)9-5-8-13(17)16-12(10-21-15(16)19)11-6-3-2-4-7-11/h2-4,6-7,12H,5,8-10H2,1H3/t12-/m0/s1. The van der Waals surface area contributed by atoms with Crippen molar-refractivity contribution in [2.75, 3.05) is 13.7 Å². The van der Waals surface area contributed by atoms with E-state index >= 15 is 0 Å². The molecule has 2 amide bonds. The Labute approximate surface area is 122 Å². The van der Waals surface area contributed by atoms with Gasteiger partial charge in [0.2, 0.25) is 5.91 Å². The summed E-state index contributed by atoms with van der Waals surface area (Å²) in [6.45, 7) is 0.158. The number of hydrogen-bond acceptors (Lipinski definition) is 5. The van der Waals surface area contributed by atoms with E-state index in [-0.39, 0.29) is 31.3 Å². The highest BCUT2D eigenvalue weighted by Crippen LogP contribution is 2.28. The second-order valence-electron chi connectivity index (χ2n) is 4.70. The third kappa shape index (κ3) is 3.59. The molecule has 6 nitrogen and oxygen atoms in total. The maximum absolute atomic E-state index is 12.2. The third-order valence-corrected chi connectivity index (χ3v) is 3.33. The van der Waals surface area contributed by atoms with Crippen LogP contribution in [-0.2, 0) is 19.1 Å². The number of methoxy groups -OCH3 is 1. The Morgan fingerprint density at radius 2 is 2.00 bits per heavy atom.